The Labute approximate surface area is 74.1 Å². The largest absolute Gasteiger partial charge is 0.481 e. The Balaban J connectivity index is 2.76. The molecule has 1 aliphatic rings. The topological polar surface area (TPSA) is 118 Å². The molecule has 6 nitrogen and oxygen atoms in total. The van der Waals surface area contributed by atoms with Crippen molar-refractivity contribution in [1.29, 1.82) is 0 Å². The molecule has 13 heavy (non-hydrogen) atoms. The average Bonchev–Trinajstić information content (AvgIpc) is 2.07. The molecule has 76 valence electrons. The lowest BCUT2D eigenvalue weighted by atomic mass is 9.81. The van der Waals surface area contributed by atoms with Gasteiger partial charge in [0.15, 0.2) is 0 Å². The molecule has 0 aromatic carbocycles. The highest BCUT2D eigenvalue weighted by Gasteiger charge is 2.44. The van der Waals surface area contributed by atoms with Crippen LogP contribution in [0.5, 0.6) is 0 Å². The van der Waals surface area contributed by atoms with Crippen molar-refractivity contribution in [3.8, 4) is 0 Å². The molecule has 0 aromatic rings. The lowest BCUT2D eigenvalue weighted by Gasteiger charge is -2.36. The van der Waals surface area contributed by atoms with Crippen LogP contribution < -0.4 is 0 Å². The number of aliphatic hydroxyl groups excluding tert-OH is 4. The molecule has 1 rings (SSSR count). The summed E-state index contributed by atoms with van der Waals surface area (Å²) in [6.45, 7) is 0. The number of aliphatic hydroxyl groups is 4. The lowest BCUT2D eigenvalue weighted by Crippen LogP contribution is -2.55. The molecule has 0 aromatic heterocycles. The van der Waals surface area contributed by atoms with E-state index in [-0.39, 0.29) is 6.42 Å². The molecule has 5 atom stereocenters. The lowest BCUT2D eigenvalue weighted by molar-refractivity contribution is -0.178. The van der Waals surface area contributed by atoms with Gasteiger partial charge < -0.3 is 25.5 Å². The van der Waals surface area contributed by atoms with Crippen LogP contribution in [0.3, 0.4) is 0 Å². The van der Waals surface area contributed by atoms with E-state index in [1.165, 1.54) is 0 Å². The minimum absolute atomic E-state index is 0.255. The zero-order valence-electron chi connectivity index (χ0n) is 6.74. The molecular weight excluding hydrogens is 180 g/mol. The van der Waals surface area contributed by atoms with Crippen LogP contribution in [0, 0.1) is 5.92 Å². The first-order valence-electron chi connectivity index (χ1n) is 3.90. The summed E-state index contributed by atoms with van der Waals surface area (Å²) in [5.41, 5.74) is 0. The number of carbonyl (C=O) groups is 1. The van der Waals surface area contributed by atoms with E-state index in [9.17, 15) is 9.90 Å². The maximum Gasteiger partial charge on any atom is 0.309 e. The van der Waals surface area contributed by atoms with E-state index in [2.05, 4.69) is 0 Å². The monoisotopic (exact) mass is 192 g/mol. The van der Waals surface area contributed by atoms with Crippen molar-refractivity contribution in [3.05, 3.63) is 0 Å². The molecule has 1 aliphatic carbocycles. The second-order valence-electron chi connectivity index (χ2n) is 3.22. The Bertz CT molecular complexity index is 205. The summed E-state index contributed by atoms with van der Waals surface area (Å²) in [6.07, 6.45) is -6.18. The second kappa shape index (κ2) is 3.59. The van der Waals surface area contributed by atoms with Gasteiger partial charge in [0.1, 0.15) is 12.2 Å². The predicted molar refractivity (Wildman–Crippen MR) is 39.8 cm³/mol. The van der Waals surface area contributed by atoms with E-state index >= 15 is 0 Å². The van der Waals surface area contributed by atoms with Gasteiger partial charge in [-0.3, -0.25) is 4.79 Å². The molecule has 0 amide bonds. The zero-order chi connectivity index (χ0) is 10.2. The van der Waals surface area contributed by atoms with Crippen molar-refractivity contribution in [2.24, 2.45) is 5.92 Å². The van der Waals surface area contributed by atoms with Gasteiger partial charge in [0, 0.05) is 0 Å². The number of carboxylic acid groups (broad SMARTS) is 1. The summed E-state index contributed by atoms with van der Waals surface area (Å²) in [4.78, 5) is 10.5. The van der Waals surface area contributed by atoms with Crippen LogP contribution >= 0.6 is 0 Å². The molecule has 0 radical (unpaired) electrons. The Hall–Kier alpha value is -0.690. The Morgan fingerprint density at radius 3 is 2.00 bits per heavy atom. The SMILES string of the molecule is O=C(O)C1CC(O)C(O)C(O)C1O. The van der Waals surface area contributed by atoms with Crippen LogP contribution in [0.1, 0.15) is 6.42 Å². The van der Waals surface area contributed by atoms with Gasteiger partial charge in [0.25, 0.3) is 0 Å². The van der Waals surface area contributed by atoms with Crippen molar-refractivity contribution >= 4 is 5.97 Å². The fourth-order valence-electron chi connectivity index (χ4n) is 1.45. The first-order valence-corrected chi connectivity index (χ1v) is 3.90. The van der Waals surface area contributed by atoms with Crippen LogP contribution in [-0.2, 0) is 4.79 Å². The van der Waals surface area contributed by atoms with Gasteiger partial charge in [-0.15, -0.1) is 0 Å². The quantitative estimate of drug-likeness (QED) is 0.314. The third kappa shape index (κ3) is 1.80. The maximum absolute atomic E-state index is 10.5. The van der Waals surface area contributed by atoms with Crippen molar-refractivity contribution in [1.82, 2.24) is 0 Å². The van der Waals surface area contributed by atoms with Crippen molar-refractivity contribution in [3.63, 3.8) is 0 Å². The second-order valence-corrected chi connectivity index (χ2v) is 3.22. The van der Waals surface area contributed by atoms with E-state index in [0.717, 1.165) is 0 Å². The molecule has 1 saturated carbocycles. The van der Waals surface area contributed by atoms with E-state index in [1.807, 2.05) is 0 Å². The van der Waals surface area contributed by atoms with Crippen LogP contribution in [0.4, 0.5) is 0 Å². The Kier molecular flexibility index (Phi) is 2.87. The number of aliphatic carboxylic acids is 1. The minimum Gasteiger partial charge on any atom is -0.481 e. The van der Waals surface area contributed by atoms with E-state index in [4.69, 9.17) is 20.4 Å². The maximum atomic E-state index is 10.5. The fourth-order valence-corrected chi connectivity index (χ4v) is 1.45. The number of hydrogen-bond donors (Lipinski definition) is 5. The summed E-state index contributed by atoms with van der Waals surface area (Å²) in [7, 11) is 0. The summed E-state index contributed by atoms with van der Waals surface area (Å²) in [5, 5.41) is 45.0. The molecule has 0 bridgehead atoms. The molecule has 6 heteroatoms. The smallest absolute Gasteiger partial charge is 0.309 e. The third-order valence-electron chi connectivity index (χ3n) is 2.32. The van der Waals surface area contributed by atoms with Gasteiger partial charge in [-0.25, -0.2) is 0 Å². The van der Waals surface area contributed by atoms with Gasteiger partial charge in [0.05, 0.1) is 18.1 Å². The summed E-state index contributed by atoms with van der Waals surface area (Å²) >= 11 is 0. The summed E-state index contributed by atoms with van der Waals surface area (Å²) in [5.74, 6) is -2.52. The van der Waals surface area contributed by atoms with Gasteiger partial charge in [0.2, 0.25) is 0 Å². The first kappa shape index (κ1) is 10.4. The Morgan fingerprint density at radius 2 is 1.54 bits per heavy atom. The van der Waals surface area contributed by atoms with E-state index in [1.54, 1.807) is 0 Å². The van der Waals surface area contributed by atoms with Gasteiger partial charge in [-0.2, -0.15) is 0 Å². The van der Waals surface area contributed by atoms with Crippen molar-refractivity contribution in [2.75, 3.05) is 0 Å². The molecular formula is C7H12O6. The molecule has 0 saturated heterocycles. The average molecular weight is 192 g/mol. The fraction of sp³-hybridized carbons (Fsp3) is 0.857. The normalized spacial score (nSPS) is 46.0. The predicted octanol–water partition coefficient (Wildman–Crippen LogP) is -2.47. The van der Waals surface area contributed by atoms with Crippen molar-refractivity contribution < 1.29 is 30.3 Å². The van der Waals surface area contributed by atoms with Gasteiger partial charge in [-0.1, -0.05) is 0 Å². The summed E-state index contributed by atoms with van der Waals surface area (Å²) in [6, 6.07) is 0. The van der Waals surface area contributed by atoms with Gasteiger partial charge in [-0.05, 0) is 6.42 Å². The molecule has 1 fully saturated rings. The third-order valence-corrected chi connectivity index (χ3v) is 2.32. The standard InChI is InChI=1S/C7H12O6/c8-3-1-2(7(12)13)4(9)6(11)5(3)10/h2-6,8-11H,1H2,(H,12,13). The highest BCUT2D eigenvalue weighted by molar-refractivity contribution is 5.71. The van der Waals surface area contributed by atoms with E-state index in [0.29, 0.717) is 0 Å². The first-order chi connectivity index (χ1) is 5.95. The molecule has 0 heterocycles. The number of rotatable bonds is 1. The van der Waals surface area contributed by atoms with Crippen LogP contribution in [-0.4, -0.2) is 55.9 Å². The van der Waals surface area contributed by atoms with Crippen LogP contribution in [0.15, 0.2) is 0 Å². The summed E-state index contributed by atoms with van der Waals surface area (Å²) < 4.78 is 0. The minimum atomic E-state index is -1.61. The molecule has 0 spiro atoms. The van der Waals surface area contributed by atoms with Crippen molar-refractivity contribution in [2.45, 2.75) is 30.8 Å². The molecule has 5 unspecified atom stereocenters. The zero-order valence-corrected chi connectivity index (χ0v) is 6.74. The van der Waals surface area contributed by atoms with Crippen LogP contribution in [0.25, 0.3) is 0 Å². The van der Waals surface area contributed by atoms with E-state index < -0.39 is 36.3 Å². The Morgan fingerprint density at radius 1 is 1.00 bits per heavy atom. The highest BCUT2D eigenvalue weighted by Crippen LogP contribution is 2.25. The highest BCUT2D eigenvalue weighted by atomic mass is 16.4. The van der Waals surface area contributed by atoms with Crippen LogP contribution in [0.2, 0.25) is 0 Å². The molecule has 5 N–H and O–H groups in total. The number of carboxylic acids is 1. The van der Waals surface area contributed by atoms with Gasteiger partial charge >= 0.3 is 5.97 Å². The molecule has 0 aliphatic heterocycles. The number of hydrogen-bond acceptors (Lipinski definition) is 5.